The van der Waals surface area contributed by atoms with E-state index in [1.54, 1.807) is 28.4 Å². The molecule has 12 atom stereocenters. The predicted octanol–water partition coefficient (Wildman–Crippen LogP) is 8.76. The fourth-order valence-corrected chi connectivity index (χ4v) is 9.34. The van der Waals surface area contributed by atoms with Gasteiger partial charge in [0.2, 0.25) is 0 Å². The Morgan fingerprint density at radius 3 is 2.21 bits per heavy atom. The summed E-state index contributed by atoms with van der Waals surface area (Å²) in [6.07, 6.45) is 4.66. The molecule has 0 amide bonds. The van der Waals surface area contributed by atoms with Crippen LogP contribution < -0.4 is 4.74 Å². The summed E-state index contributed by atoms with van der Waals surface area (Å²) in [5.74, 6) is 1.22. The smallest absolute Gasteiger partial charge is 0.192 e. The summed E-state index contributed by atoms with van der Waals surface area (Å²) < 4.78 is 43.0. The summed E-state index contributed by atoms with van der Waals surface area (Å²) in [7, 11) is 4.88. The largest absolute Gasteiger partial charge is 0.497 e. The molecular formula is C43H74O9Si. The van der Waals surface area contributed by atoms with Crippen LogP contribution in [0.4, 0.5) is 0 Å². The Kier molecular flexibility index (Phi) is 17.7. The number of Topliss-reactive ketones (excluding diaryl/α,β-unsaturated/α-hetero) is 1. The standard InChI is InChI=1S/C43H74O9Si/c1-27(35(44)25-36(45)28(2)23-33-17-20-37(38(24-33)47-10)52-53(13,14)43(6,7)8)21-29(3)39(50-26-32-15-18-34(46-9)19-16-32)41(48-11)40-30(4)22-31(5)42(49-12)51-40/h15-16,18-19,21,27-28,30-31,33,36-42,45H,17,20,22-26H2,1-14H3/b29-21+/t27-,28-,30-,31+,33+,36+,37-,38-,39-,40-,41-,42-/m1/s1. The number of ketones is 1. The van der Waals surface area contributed by atoms with Crippen LogP contribution in [-0.4, -0.2) is 90.6 Å². The van der Waals surface area contributed by atoms with Gasteiger partial charge in [0.15, 0.2) is 14.6 Å². The molecule has 0 radical (unpaired) electrons. The van der Waals surface area contributed by atoms with E-state index in [1.807, 2.05) is 44.2 Å². The molecule has 0 aromatic heterocycles. The molecule has 1 saturated heterocycles. The molecule has 2 fully saturated rings. The van der Waals surface area contributed by atoms with Crippen molar-refractivity contribution in [1.82, 2.24) is 0 Å². The zero-order chi connectivity index (χ0) is 39.7. The van der Waals surface area contributed by atoms with E-state index in [1.165, 1.54) is 0 Å². The van der Waals surface area contributed by atoms with Gasteiger partial charge in [-0.25, -0.2) is 0 Å². The first-order valence-corrected chi connectivity index (χ1v) is 22.8. The average Bonchev–Trinajstić information content (AvgIpc) is 3.10. The number of carbonyl (C=O) groups excluding carboxylic acids is 1. The maximum Gasteiger partial charge on any atom is 0.192 e. The predicted molar refractivity (Wildman–Crippen MR) is 214 cm³/mol. The van der Waals surface area contributed by atoms with E-state index < -0.39 is 32.5 Å². The minimum absolute atomic E-state index is 0.00312. The normalized spacial score (nSPS) is 28.9. The van der Waals surface area contributed by atoms with Gasteiger partial charge in [0.1, 0.15) is 23.7 Å². The molecular weight excluding hydrogens is 689 g/mol. The van der Waals surface area contributed by atoms with Gasteiger partial charge in [-0.1, -0.05) is 66.7 Å². The molecule has 53 heavy (non-hydrogen) atoms. The quantitative estimate of drug-likeness (QED) is 0.110. The molecule has 1 heterocycles. The Labute approximate surface area is 322 Å². The summed E-state index contributed by atoms with van der Waals surface area (Å²) in [4.78, 5) is 13.7. The van der Waals surface area contributed by atoms with E-state index in [0.29, 0.717) is 12.5 Å². The Balaban J connectivity index is 1.69. The molecule has 0 spiro atoms. The number of allylic oxidation sites excluding steroid dienone is 1. The first-order chi connectivity index (χ1) is 24.8. The fraction of sp³-hybridized carbons (Fsp3) is 0.791. The molecule has 2 aliphatic rings. The summed E-state index contributed by atoms with van der Waals surface area (Å²) in [5, 5.41) is 11.4. The Hall–Kier alpha value is -1.63. The monoisotopic (exact) mass is 763 g/mol. The summed E-state index contributed by atoms with van der Waals surface area (Å²) in [6.45, 7) is 22.0. The van der Waals surface area contributed by atoms with Crippen LogP contribution in [-0.2, 0) is 39.5 Å². The Morgan fingerprint density at radius 1 is 0.981 bits per heavy atom. The molecule has 1 aromatic carbocycles. The lowest BCUT2D eigenvalue weighted by Crippen LogP contribution is -2.51. The molecule has 3 rings (SSSR count). The Bertz CT molecular complexity index is 1280. The number of hydrogen-bond donors (Lipinski definition) is 1. The molecule has 1 saturated carbocycles. The van der Waals surface area contributed by atoms with Crippen LogP contribution in [0.1, 0.15) is 99.5 Å². The van der Waals surface area contributed by atoms with Gasteiger partial charge < -0.3 is 38.0 Å². The van der Waals surface area contributed by atoms with E-state index in [4.69, 9.17) is 32.8 Å². The Morgan fingerprint density at radius 2 is 1.64 bits per heavy atom. The summed E-state index contributed by atoms with van der Waals surface area (Å²) >= 11 is 0. The number of ether oxygens (including phenoxy) is 6. The van der Waals surface area contributed by atoms with Crippen molar-refractivity contribution in [3.63, 3.8) is 0 Å². The zero-order valence-corrected chi connectivity index (χ0v) is 36.5. The van der Waals surface area contributed by atoms with Gasteiger partial charge in [0.25, 0.3) is 0 Å². The van der Waals surface area contributed by atoms with Gasteiger partial charge in [-0.3, -0.25) is 4.79 Å². The zero-order valence-electron chi connectivity index (χ0n) is 35.5. The van der Waals surface area contributed by atoms with Gasteiger partial charge in [-0.15, -0.1) is 0 Å². The lowest BCUT2D eigenvalue weighted by atomic mass is 9.78. The highest BCUT2D eigenvalue weighted by Crippen LogP contribution is 2.41. The van der Waals surface area contributed by atoms with Crippen LogP contribution in [0.25, 0.3) is 0 Å². The first-order valence-electron chi connectivity index (χ1n) is 19.9. The van der Waals surface area contributed by atoms with Crippen LogP contribution in [0.5, 0.6) is 5.75 Å². The molecule has 1 aliphatic heterocycles. The third kappa shape index (κ3) is 12.7. The van der Waals surface area contributed by atoms with Crippen molar-refractivity contribution in [3.05, 3.63) is 41.5 Å². The second-order valence-corrected chi connectivity index (χ2v) is 22.5. The van der Waals surface area contributed by atoms with E-state index in [-0.39, 0.29) is 59.6 Å². The molecule has 1 aromatic rings. The van der Waals surface area contributed by atoms with E-state index in [9.17, 15) is 9.90 Å². The molecule has 1 aliphatic carbocycles. The highest BCUT2D eigenvalue weighted by Gasteiger charge is 2.44. The molecule has 9 nitrogen and oxygen atoms in total. The molecule has 304 valence electrons. The molecule has 10 heteroatoms. The van der Waals surface area contributed by atoms with E-state index in [0.717, 1.165) is 49.0 Å². The lowest BCUT2D eigenvalue weighted by Gasteiger charge is -2.44. The average molecular weight is 763 g/mol. The van der Waals surface area contributed by atoms with Crippen molar-refractivity contribution >= 4 is 14.1 Å². The lowest BCUT2D eigenvalue weighted by molar-refractivity contribution is -0.255. The third-order valence-corrected chi connectivity index (χ3v) is 16.9. The van der Waals surface area contributed by atoms with Crippen LogP contribution in [0.3, 0.4) is 0 Å². The van der Waals surface area contributed by atoms with Crippen molar-refractivity contribution in [3.8, 4) is 5.75 Å². The fourth-order valence-electron chi connectivity index (χ4n) is 7.96. The van der Waals surface area contributed by atoms with Gasteiger partial charge in [-0.2, -0.15) is 0 Å². The number of aliphatic hydroxyl groups is 1. The number of rotatable bonds is 19. The third-order valence-electron chi connectivity index (χ3n) is 12.4. The minimum Gasteiger partial charge on any atom is -0.497 e. The van der Waals surface area contributed by atoms with Crippen LogP contribution in [0.2, 0.25) is 18.1 Å². The molecule has 1 N–H and O–H groups in total. The van der Waals surface area contributed by atoms with Gasteiger partial charge in [0.05, 0.1) is 38.1 Å². The van der Waals surface area contributed by atoms with Gasteiger partial charge >= 0.3 is 0 Å². The molecule has 0 bridgehead atoms. The van der Waals surface area contributed by atoms with Crippen LogP contribution in [0, 0.1) is 29.6 Å². The maximum atomic E-state index is 13.7. The summed E-state index contributed by atoms with van der Waals surface area (Å²) in [6, 6.07) is 7.80. The van der Waals surface area contributed by atoms with Crippen molar-refractivity contribution < 1.29 is 42.7 Å². The van der Waals surface area contributed by atoms with Crippen molar-refractivity contribution in [1.29, 1.82) is 0 Å². The van der Waals surface area contributed by atoms with E-state index in [2.05, 4.69) is 54.6 Å². The number of carbonyl (C=O) groups is 1. The summed E-state index contributed by atoms with van der Waals surface area (Å²) in [5.41, 5.74) is 1.88. The van der Waals surface area contributed by atoms with E-state index >= 15 is 0 Å². The van der Waals surface area contributed by atoms with Crippen LogP contribution >= 0.6 is 0 Å². The first kappa shape index (κ1) is 45.8. The van der Waals surface area contributed by atoms with Gasteiger partial charge in [-0.05, 0) is 98.2 Å². The number of benzene rings is 1. The van der Waals surface area contributed by atoms with Crippen molar-refractivity contribution in [2.45, 2.75) is 162 Å². The van der Waals surface area contributed by atoms with Gasteiger partial charge in [0, 0.05) is 39.6 Å². The highest BCUT2D eigenvalue weighted by atomic mass is 28.4. The molecule has 0 unspecified atom stereocenters. The highest BCUT2D eigenvalue weighted by molar-refractivity contribution is 6.74. The minimum atomic E-state index is -1.91. The van der Waals surface area contributed by atoms with Crippen molar-refractivity contribution in [2.24, 2.45) is 29.6 Å². The topological polar surface area (TPSA) is 102 Å². The maximum absolute atomic E-state index is 13.7. The van der Waals surface area contributed by atoms with Crippen molar-refractivity contribution in [2.75, 3.05) is 28.4 Å². The number of hydrogen-bond acceptors (Lipinski definition) is 9. The number of aliphatic hydroxyl groups excluding tert-OH is 1. The SMILES string of the molecule is COc1ccc(CO[C@H](/C(C)=C/[C@@H](C)C(=O)C[C@H](O)[C@H](C)C[C@@H]2CC[C@@H](O[Si](C)(C)C(C)(C)C)[C@H](OC)C2)[C@@H](OC)[C@@H]2O[C@@H](OC)[C@@H](C)C[C@H]2C)cc1. The second kappa shape index (κ2) is 20.5. The second-order valence-electron chi connectivity index (χ2n) is 17.7. The number of methoxy groups -OCH3 is 4. The van der Waals surface area contributed by atoms with Crippen LogP contribution in [0.15, 0.2) is 35.9 Å².